The van der Waals surface area contributed by atoms with E-state index in [2.05, 4.69) is 32.9 Å². The summed E-state index contributed by atoms with van der Waals surface area (Å²) in [4.78, 5) is 12.4. The minimum Gasteiger partial charge on any atom is -0.272 e. The molecule has 0 radical (unpaired) electrons. The van der Waals surface area contributed by atoms with Gasteiger partial charge in [-0.3, -0.25) is 9.89 Å². The van der Waals surface area contributed by atoms with Crippen molar-refractivity contribution >= 4 is 11.6 Å². The molecular formula is C24H19FN4O. The number of nitrogens with one attached hydrogen (secondary N) is 2. The van der Waals surface area contributed by atoms with Crippen molar-refractivity contribution in [2.45, 2.75) is 6.92 Å². The molecule has 4 aromatic rings. The summed E-state index contributed by atoms with van der Waals surface area (Å²) in [5, 5.41) is 11.0. The molecule has 1 amide bonds. The maximum atomic E-state index is 13.1. The molecule has 0 spiro atoms. The Kier molecular flexibility index (Phi) is 5.48. The van der Waals surface area contributed by atoms with Gasteiger partial charge in [0, 0.05) is 5.56 Å². The smallest absolute Gasteiger partial charge is 0.272 e. The Balaban J connectivity index is 1.43. The molecule has 1 aromatic heterocycles. The highest BCUT2D eigenvalue weighted by molar-refractivity contribution is 6.01. The minimum atomic E-state index is -0.406. The van der Waals surface area contributed by atoms with Crippen molar-refractivity contribution in [3.05, 3.63) is 102 Å². The first-order valence-electron chi connectivity index (χ1n) is 9.42. The molecule has 5 nitrogen and oxygen atoms in total. The van der Waals surface area contributed by atoms with E-state index in [-0.39, 0.29) is 11.5 Å². The summed E-state index contributed by atoms with van der Waals surface area (Å²) in [6.07, 6.45) is 0. The van der Waals surface area contributed by atoms with E-state index in [0.717, 1.165) is 16.7 Å². The predicted molar refractivity (Wildman–Crippen MR) is 116 cm³/mol. The third kappa shape index (κ3) is 4.33. The number of carbonyl (C=O) groups excluding carboxylic acids is 1. The van der Waals surface area contributed by atoms with Crippen LogP contribution in [0.4, 0.5) is 4.39 Å². The van der Waals surface area contributed by atoms with E-state index in [1.165, 1.54) is 12.1 Å². The van der Waals surface area contributed by atoms with Gasteiger partial charge in [-0.25, -0.2) is 9.82 Å². The van der Waals surface area contributed by atoms with E-state index in [1.54, 1.807) is 18.2 Å². The van der Waals surface area contributed by atoms with Crippen molar-refractivity contribution in [1.82, 2.24) is 15.6 Å². The Labute approximate surface area is 173 Å². The maximum absolute atomic E-state index is 13.1. The number of hydrogen-bond donors (Lipinski definition) is 2. The van der Waals surface area contributed by atoms with Gasteiger partial charge in [0.2, 0.25) is 0 Å². The molecule has 0 saturated carbocycles. The maximum Gasteiger partial charge on any atom is 0.289 e. The largest absolute Gasteiger partial charge is 0.289 e. The molecule has 1 heterocycles. The molecular weight excluding hydrogens is 379 g/mol. The van der Waals surface area contributed by atoms with Crippen molar-refractivity contribution in [2.24, 2.45) is 5.10 Å². The lowest BCUT2D eigenvalue weighted by Crippen LogP contribution is -2.19. The second-order valence-corrected chi connectivity index (χ2v) is 6.76. The van der Waals surface area contributed by atoms with Crippen LogP contribution in [0.1, 0.15) is 23.0 Å². The Morgan fingerprint density at radius 2 is 1.53 bits per heavy atom. The molecule has 30 heavy (non-hydrogen) atoms. The average molecular weight is 398 g/mol. The van der Waals surface area contributed by atoms with E-state index >= 15 is 0 Å². The van der Waals surface area contributed by atoms with E-state index in [9.17, 15) is 9.18 Å². The Morgan fingerprint density at radius 1 is 0.900 bits per heavy atom. The summed E-state index contributed by atoms with van der Waals surface area (Å²) >= 11 is 0. The highest BCUT2D eigenvalue weighted by atomic mass is 19.1. The molecule has 0 atom stereocenters. The number of halogens is 1. The van der Waals surface area contributed by atoms with E-state index in [1.807, 2.05) is 49.4 Å². The molecule has 0 saturated heterocycles. The van der Waals surface area contributed by atoms with Gasteiger partial charge in [0.05, 0.1) is 11.4 Å². The number of nitrogens with zero attached hydrogens (tertiary/aromatic N) is 2. The van der Waals surface area contributed by atoms with Crippen LogP contribution in [-0.2, 0) is 0 Å². The Bertz CT molecular complexity index is 1180. The number of hydrazone groups is 1. The van der Waals surface area contributed by atoms with Gasteiger partial charge in [-0.2, -0.15) is 10.2 Å². The first-order chi connectivity index (χ1) is 14.6. The molecule has 2 N–H and O–H groups in total. The summed E-state index contributed by atoms with van der Waals surface area (Å²) in [6.45, 7) is 1.83. The molecule has 6 heteroatoms. The fourth-order valence-corrected chi connectivity index (χ4v) is 3.00. The molecule has 0 unspecified atom stereocenters. The number of aromatic nitrogens is 2. The van der Waals surface area contributed by atoms with Gasteiger partial charge in [0.15, 0.2) is 0 Å². The van der Waals surface area contributed by atoms with Crippen LogP contribution in [0.15, 0.2) is 90.0 Å². The van der Waals surface area contributed by atoms with E-state index < -0.39 is 5.91 Å². The van der Waals surface area contributed by atoms with Gasteiger partial charge in [-0.15, -0.1) is 0 Å². The van der Waals surface area contributed by atoms with Crippen LogP contribution in [0.3, 0.4) is 0 Å². The summed E-state index contributed by atoms with van der Waals surface area (Å²) in [7, 11) is 0. The average Bonchev–Trinajstić information content (AvgIpc) is 3.29. The zero-order valence-electron chi connectivity index (χ0n) is 16.3. The van der Waals surface area contributed by atoms with E-state index in [4.69, 9.17) is 0 Å². The number of amides is 1. The third-order valence-corrected chi connectivity index (χ3v) is 4.70. The minimum absolute atomic E-state index is 0.269. The van der Waals surface area contributed by atoms with Crippen LogP contribution in [0.2, 0.25) is 0 Å². The molecule has 0 aliphatic carbocycles. The number of hydrogen-bond acceptors (Lipinski definition) is 3. The van der Waals surface area contributed by atoms with Gasteiger partial charge in [-0.1, -0.05) is 54.6 Å². The van der Waals surface area contributed by atoms with Gasteiger partial charge < -0.3 is 0 Å². The fourth-order valence-electron chi connectivity index (χ4n) is 3.00. The number of H-pyrrole nitrogens is 1. The lowest BCUT2D eigenvalue weighted by Gasteiger charge is -2.05. The van der Waals surface area contributed by atoms with Gasteiger partial charge in [-0.05, 0) is 53.9 Å². The van der Waals surface area contributed by atoms with E-state index in [0.29, 0.717) is 17.0 Å². The van der Waals surface area contributed by atoms with Crippen LogP contribution >= 0.6 is 0 Å². The standard InChI is InChI=1S/C24H19FN4O/c1-16(17-7-9-19(10-8-17)18-5-3-2-4-6-18)26-29-24(30)23-15-22(27-28-23)20-11-13-21(25)14-12-20/h2-15H,1H3,(H,27,28)(H,29,30). The van der Waals surface area contributed by atoms with Crippen molar-refractivity contribution in [3.63, 3.8) is 0 Å². The van der Waals surface area contributed by atoms with Crippen molar-refractivity contribution in [3.8, 4) is 22.4 Å². The predicted octanol–water partition coefficient (Wildman–Crippen LogP) is 5.04. The van der Waals surface area contributed by atoms with Crippen LogP contribution in [0, 0.1) is 5.82 Å². The van der Waals surface area contributed by atoms with Crippen molar-refractivity contribution in [2.75, 3.05) is 0 Å². The topological polar surface area (TPSA) is 70.1 Å². The number of aromatic amines is 1. The second kappa shape index (κ2) is 8.53. The summed E-state index contributed by atoms with van der Waals surface area (Å²) in [6, 6.07) is 25.6. The fraction of sp³-hybridized carbons (Fsp3) is 0.0417. The first-order valence-corrected chi connectivity index (χ1v) is 9.42. The van der Waals surface area contributed by atoms with Crippen LogP contribution in [0.25, 0.3) is 22.4 Å². The van der Waals surface area contributed by atoms with Gasteiger partial charge in [0.1, 0.15) is 11.5 Å². The highest BCUT2D eigenvalue weighted by Gasteiger charge is 2.11. The monoisotopic (exact) mass is 398 g/mol. The summed E-state index contributed by atoms with van der Waals surface area (Å²) < 4.78 is 13.1. The zero-order valence-corrected chi connectivity index (χ0v) is 16.3. The molecule has 0 aliphatic heterocycles. The van der Waals surface area contributed by atoms with Crippen LogP contribution in [-0.4, -0.2) is 21.8 Å². The quantitative estimate of drug-likeness (QED) is 0.365. The number of carbonyl (C=O) groups is 1. The lowest BCUT2D eigenvalue weighted by molar-refractivity contribution is 0.0950. The molecule has 148 valence electrons. The van der Waals surface area contributed by atoms with Gasteiger partial charge >= 0.3 is 0 Å². The number of benzene rings is 3. The van der Waals surface area contributed by atoms with Crippen molar-refractivity contribution < 1.29 is 9.18 Å². The molecule has 0 aliphatic rings. The zero-order chi connectivity index (χ0) is 20.9. The van der Waals surface area contributed by atoms with Gasteiger partial charge in [0.25, 0.3) is 5.91 Å². The van der Waals surface area contributed by atoms with Crippen molar-refractivity contribution in [1.29, 1.82) is 0 Å². The Hall–Kier alpha value is -4.06. The lowest BCUT2D eigenvalue weighted by atomic mass is 10.0. The second-order valence-electron chi connectivity index (χ2n) is 6.76. The first kappa shape index (κ1) is 19.3. The number of rotatable bonds is 5. The normalized spacial score (nSPS) is 11.3. The molecule has 0 fully saturated rings. The third-order valence-electron chi connectivity index (χ3n) is 4.70. The van der Waals surface area contributed by atoms with Crippen LogP contribution in [0.5, 0.6) is 0 Å². The molecule has 0 bridgehead atoms. The SMILES string of the molecule is CC(=NNC(=O)c1cc(-c2ccc(F)cc2)n[nH]1)c1ccc(-c2ccccc2)cc1. The highest BCUT2D eigenvalue weighted by Crippen LogP contribution is 2.20. The summed E-state index contributed by atoms with van der Waals surface area (Å²) in [5.41, 5.74) is 7.92. The van der Waals surface area contributed by atoms with Crippen LogP contribution < -0.4 is 5.43 Å². The molecule has 4 rings (SSSR count). The Morgan fingerprint density at radius 3 is 2.23 bits per heavy atom. The molecule has 3 aromatic carbocycles. The summed E-state index contributed by atoms with van der Waals surface area (Å²) in [5.74, 6) is -0.731.